The molecule has 1 amide bonds. The minimum Gasteiger partial charge on any atom is -0.342 e. The summed E-state index contributed by atoms with van der Waals surface area (Å²) < 4.78 is 0. The Morgan fingerprint density at radius 1 is 1.32 bits per heavy atom. The SMILES string of the molecule is CC(CC(=O)N1CC2CCC(N)C2C1)Cc1ccc(Cl)cc1. The molecule has 2 aliphatic rings. The molecule has 1 saturated carbocycles. The van der Waals surface area contributed by atoms with Crippen molar-refractivity contribution in [1.29, 1.82) is 0 Å². The lowest BCUT2D eigenvalue weighted by molar-refractivity contribution is -0.131. The number of carbonyl (C=O) groups excluding carboxylic acids is 1. The van der Waals surface area contributed by atoms with Crippen molar-refractivity contribution in [2.24, 2.45) is 23.5 Å². The highest BCUT2D eigenvalue weighted by Crippen LogP contribution is 2.37. The molecule has 3 rings (SSSR count). The predicted octanol–water partition coefficient (Wildman–Crippen LogP) is 3.10. The molecule has 0 aromatic heterocycles. The molecular weight excluding hydrogens is 296 g/mol. The van der Waals surface area contributed by atoms with Gasteiger partial charge in [0, 0.05) is 30.6 Å². The molecular formula is C18H25ClN2O. The van der Waals surface area contributed by atoms with Crippen LogP contribution in [0.4, 0.5) is 0 Å². The van der Waals surface area contributed by atoms with Gasteiger partial charge in [0.05, 0.1) is 0 Å². The first kappa shape index (κ1) is 15.8. The minimum absolute atomic E-state index is 0.295. The topological polar surface area (TPSA) is 46.3 Å². The quantitative estimate of drug-likeness (QED) is 0.926. The zero-order valence-electron chi connectivity index (χ0n) is 13.2. The van der Waals surface area contributed by atoms with Crippen LogP contribution in [0.25, 0.3) is 0 Å². The van der Waals surface area contributed by atoms with E-state index in [1.54, 1.807) is 0 Å². The van der Waals surface area contributed by atoms with E-state index in [4.69, 9.17) is 17.3 Å². The highest BCUT2D eigenvalue weighted by molar-refractivity contribution is 6.30. The first-order valence-electron chi connectivity index (χ1n) is 8.30. The van der Waals surface area contributed by atoms with Crippen LogP contribution in [0.3, 0.4) is 0 Å². The summed E-state index contributed by atoms with van der Waals surface area (Å²) >= 11 is 5.91. The fourth-order valence-corrected chi connectivity index (χ4v) is 4.16. The Bertz CT molecular complexity index is 530. The van der Waals surface area contributed by atoms with Crippen LogP contribution in [0.2, 0.25) is 5.02 Å². The van der Waals surface area contributed by atoms with E-state index in [-0.39, 0.29) is 0 Å². The van der Waals surface area contributed by atoms with E-state index in [1.165, 1.54) is 12.0 Å². The molecule has 0 bridgehead atoms. The average Bonchev–Trinajstić information content (AvgIpc) is 3.04. The molecule has 120 valence electrons. The van der Waals surface area contributed by atoms with Gasteiger partial charge in [-0.05, 0) is 54.7 Å². The number of nitrogens with zero attached hydrogens (tertiary/aromatic N) is 1. The van der Waals surface area contributed by atoms with E-state index >= 15 is 0 Å². The van der Waals surface area contributed by atoms with Gasteiger partial charge in [-0.1, -0.05) is 30.7 Å². The Labute approximate surface area is 137 Å². The number of fused-ring (bicyclic) bond motifs is 1. The smallest absolute Gasteiger partial charge is 0.222 e. The first-order valence-corrected chi connectivity index (χ1v) is 8.68. The Kier molecular flexibility index (Phi) is 4.74. The molecule has 1 aliphatic heterocycles. The third-order valence-corrected chi connectivity index (χ3v) is 5.54. The molecule has 0 radical (unpaired) electrons. The number of nitrogens with two attached hydrogens (primary N) is 1. The number of benzene rings is 1. The van der Waals surface area contributed by atoms with Crippen molar-refractivity contribution in [2.75, 3.05) is 13.1 Å². The normalized spacial score (nSPS) is 28.7. The van der Waals surface area contributed by atoms with Gasteiger partial charge >= 0.3 is 0 Å². The lowest BCUT2D eigenvalue weighted by Crippen LogP contribution is -2.34. The molecule has 0 spiro atoms. The van der Waals surface area contributed by atoms with Crippen LogP contribution in [-0.4, -0.2) is 29.9 Å². The van der Waals surface area contributed by atoms with Crippen molar-refractivity contribution in [3.05, 3.63) is 34.9 Å². The maximum atomic E-state index is 12.5. The number of carbonyl (C=O) groups is 1. The fourth-order valence-electron chi connectivity index (χ4n) is 4.03. The maximum absolute atomic E-state index is 12.5. The van der Waals surface area contributed by atoms with Crippen LogP contribution in [0.1, 0.15) is 31.7 Å². The number of hydrogen-bond donors (Lipinski definition) is 1. The van der Waals surface area contributed by atoms with Gasteiger partial charge in [0.1, 0.15) is 0 Å². The molecule has 22 heavy (non-hydrogen) atoms. The van der Waals surface area contributed by atoms with E-state index in [0.717, 1.165) is 31.0 Å². The summed E-state index contributed by atoms with van der Waals surface area (Å²) in [5.41, 5.74) is 7.39. The van der Waals surface area contributed by atoms with Gasteiger partial charge in [0.15, 0.2) is 0 Å². The van der Waals surface area contributed by atoms with Gasteiger partial charge < -0.3 is 10.6 Å². The number of likely N-dealkylation sites (tertiary alicyclic amines) is 1. The minimum atomic E-state index is 0.295. The Balaban J connectivity index is 1.50. The largest absolute Gasteiger partial charge is 0.342 e. The molecule has 2 fully saturated rings. The molecule has 1 saturated heterocycles. The summed E-state index contributed by atoms with van der Waals surface area (Å²) in [5.74, 6) is 1.83. The van der Waals surface area contributed by atoms with Crippen molar-refractivity contribution in [1.82, 2.24) is 4.90 Å². The van der Waals surface area contributed by atoms with Crippen molar-refractivity contribution in [3.63, 3.8) is 0 Å². The van der Waals surface area contributed by atoms with E-state index < -0.39 is 0 Å². The molecule has 1 aliphatic carbocycles. The highest BCUT2D eigenvalue weighted by Gasteiger charge is 2.42. The lowest BCUT2D eigenvalue weighted by atomic mass is 9.97. The van der Waals surface area contributed by atoms with E-state index in [9.17, 15) is 4.79 Å². The average molecular weight is 321 g/mol. The van der Waals surface area contributed by atoms with Crippen LogP contribution < -0.4 is 5.73 Å². The second kappa shape index (κ2) is 6.59. The van der Waals surface area contributed by atoms with Gasteiger partial charge in [0.2, 0.25) is 5.91 Å². The molecule has 1 aromatic rings. The van der Waals surface area contributed by atoms with Crippen molar-refractivity contribution >= 4 is 17.5 Å². The summed E-state index contributed by atoms with van der Waals surface area (Å²) in [7, 11) is 0. The van der Waals surface area contributed by atoms with Crippen LogP contribution >= 0.6 is 11.6 Å². The second-order valence-corrected chi connectivity index (χ2v) is 7.54. The van der Waals surface area contributed by atoms with Gasteiger partial charge in [-0.3, -0.25) is 4.79 Å². The predicted molar refractivity (Wildman–Crippen MR) is 89.7 cm³/mol. The van der Waals surface area contributed by atoms with Crippen molar-refractivity contribution in [3.8, 4) is 0 Å². The second-order valence-electron chi connectivity index (χ2n) is 7.10. The third-order valence-electron chi connectivity index (χ3n) is 5.29. The molecule has 2 N–H and O–H groups in total. The first-order chi connectivity index (χ1) is 10.5. The molecule has 4 atom stereocenters. The van der Waals surface area contributed by atoms with Crippen molar-refractivity contribution < 1.29 is 4.79 Å². The zero-order chi connectivity index (χ0) is 15.7. The molecule has 3 nitrogen and oxygen atoms in total. The summed E-state index contributed by atoms with van der Waals surface area (Å²) in [5, 5.41) is 0.757. The van der Waals surface area contributed by atoms with Gasteiger partial charge in [-0.15, -0.1) is 0 Å². The highest BCUT2D eigenvalue weighted by atomic mass is 35.5. The molecule has 4 unspecified atom stereocenters. The fraction of sp³-hybridized carbons (Fsp3) is 0.611. The monoisotopic (exact) mass is 320 g/mol. The van der Waals surface area contributed by atoms with Gasteiger partial charge in [-0.25, -0.2) is 0 Å². The van der Waals surface area contributed by atoms with Crippen LogP contribution in [0, 0.1) is 17.8 Å². The summed E-state index contributed by atoms with van der Waals surface area (Å²) in [6, 6.07) is 8.21. The number of rotatable bonds is 4. The van der Waals surface area contributed by atoms with E-state index in [1.807, 2.05) is 29.2 Å². The third kappa shape index (κ3) is 3.47. The Hall–Kier alpha value is -1.06. The Morgan fingerprint density at radius 3 is 2.73 bits per heavy atom. The van der Waals surface area contributed by atoms with E-state index in [0.29, 0.717) is 36.1 Å². The van der Waals surface area contributed by atoms with E-state index in [2.05, 4.69) is 6.92 Å². The summed E-state index contributed by atoms with van der Waals surface area (Å²) in [4.78, 5) is 14.6. The molecule has 1 heterocycles. The van der Waals surface area contributed by atoms with Crippen LogP contribution in [0.5, 0.6) is 0 Å². The molecule has 4 heteroatoms. The standard InChI is InChI=1S/C18H25ClN2O/c1-12(8-13-2-5-15(19)6-3-13)9-18(22)21-10-14-4-7-17(20)16(14)11-21/h2-3,5-6,12,14,16-17H,4,7-11,20H2,1H3. The summed E-state index contributed by atoms with van der Waals surface area (Å²) in [6.45, 7) is 3.94. The molecule has 1 aromatic carbocycles. The van der Waals surface area contributed by atoms with Gasteiger partial charge in [0.25, 0.3) is 0 Å². The number of halogens is 1. The van der Waals surface area contributed by atoms with Crippen LogP contribution in [0.15, 0.2) is 24.3 Å². The number of hydrogen-bond acceptors (Lipinski definition) is 2. The van der Waals surface area contributed by atoms with Gasteiger partial charge in [-0.2, -0.15) is 0 Å². The maximum Gasteiger partial charge on any atom is 0.222 e. The van der Waals surface area contributed by atoms with Crippen LogP contribution in [-0.2, 0) is 11.2 Å². The lowest BCUT2D eigenvalue weighted by Gasteiger charge is -2.21. The zero-order valence-corrected chi connectivity index (χ0v) is 13.9. The number of amides is 1. The summed E-state index contributed by atoms with van der Waals surface area (Å²) in [6.07, 6.45) is 3.86. The van der Waals surface area contributed by atoms with Crippen molar-refractivity contribution in [2.45, 2.75) is 38.6 Å². The Morgan fingerprint density at radius 2 is 2.05 bits per heavy atom.